The molecule has 7 nitrogen and oxygen atoms in total. The van der Waals surface area contributed by atoms with Crippen LogP contribution in [0.4, 0.5) is 0 Å². The molecule has 0 aromatic carbocycles. The van der Waals surface area contributed by atoms with Crippen LogP contribution in [0.3, 0.4) is 0 Å². The molecule has 0 spiro atoms. The van der Waals surface area contributed by atoms with Crippen LogP contribution < -0.4 is 11.3 Å². The number of nitrogens with two attached hydrogens (primary N) is 1. The van der Waals surface area contributed by atoms with Crippen LogP contribution in [0, 0.1) is 0 Å². The van der Waals surface area contributed by atoms with Crippen molar-refractivity contribution in [1.82, 2.24) is 15.4 Å². The standard InChI is InChI=1S/C6H12N2O3.C2H8N2/c1-8(2)7-5(9)3-4-6(10)11;1-4(2)3/h3-4H2,1-2H3,(H,7,9)(H,10,11);3H2,1-2H3. The second-order valence-corrected chi connectivity index (χ2v) is 3.29. The molecule has 0 atom stereocenters. The number of hydrazine groups is 2. The minimum absolute atomic E-state index is 0.0213. The van der Waals surface area contributed by atoms with E-state index in [4.69, 9.17) is 10.9 Å². The summed E-state index contributed by atoms with van der Waals surface area (Å²) in [6, 6.07) is 0. The monoisotopic (exact) mass is 220 g/mol. The Hall–Kier alpha value is -1.18. The normalized spacial score (nSPS) is 9.53. The lowest BCUT2D eigenvalue weighted by atomic mass is 10.3. The van der Waals surface area contributed by atoms with E-state index in [9.17, 15) is 9.59 Å². The van der Waals surface area contributed by atoms with Crippen molar-refractivity contribution in [1.29, 1.82) is 0 Å². The maximum absolute atomic E-state index is 10.7. The van der Waals surface area contributed by atoms with Crippen molar-refractivity contribution >= 4 is 11.9 Å². The molecule has 4 N–H and O–H groups in total. The molecule has 0 saturated carbocycles. The molecule has 0 aliphatic heterocycles. The van der Waals surface area contributed by atoms with E-state index in [1.165, 1.54) is 10.0 Å². The molecule has 0 aliphatic rings. The fraction of sp³-hybridized carbons (Fsp3) is 0.750. The first-order chi connectivity index (χ1) is 6.75. The Balaban J connectivity index is 0. The molecule has 0 radical (unpaired) electrons. The number of nitrogens with zero attached hydrogens (tertiary/aromatic N) is 2. The number of hydrogen-bond donors (Lipinski definition) is 3. The van der Waals surface area contributed by atoms with E-state index in [2.05, 4.69) is 5.43 Å². The van der Waals surface area contributed by atoms with Crippen molar-refractivity contribution in [3.63, 3.8) is 0 Å². The lowest BCUT2D eigenvalue weighted by Gasteiger charge is -2.10. The Kier molecular flexibility index (Phi) is 10.2. The number of carboxylic acids is 1. The summed E-state index contributed by atoms with van der Waals surface area (Å²) < 4.78 is 0. The van der Waals surface area contributed by atoms with Crippen molar-refractivity contribution in [3.05, 3.63) is 0 Å². The summed E-state index contributed by atoms with van der Waals surface area (Å²) in [7, 11) is 6.89. The number of aliphatic carboxylic acids is 1. The van der Waals surface area contributed by atoms with Gasteiger partial charge in [0.15, 0.2) is 0 Å². The van der Waals surface area contributed by atoms with Crippen LogP contribution in [0.15, 0.2) is 0 Å². The molecule has 7 heteroatoms. The highest BCUT2D eigenvalue weighted by Crippen LogP contribution is 1.87. The van der Waals surface area contributed by atoms with Gasteiger partial charge in [-0.15, -0.1) is 0 Å². The minimum Gasteiger partial charge on any atom is -0.481 e. The topological polar surface area (TPSA) is 98.9 Å². The van der Waals surface area contributed by atoms with Gasteiger partial charge in [0.05, 0.1) is 6.42 Å². The second-order valence-electron chi connectivity index (χ2n) is 3.29. The summed E-state index contributed by atoms with van der Waals surface area (Å²) in [5.74, 6) is 3.70. The van der Waals surface area contributed by atoms with Crippen molar-refractivity contribution in [3.8, 4) is 0 Å². The van der Waals surface area contributed by atoms with E-state index in [1.54, 1.807) is 28.2 Å². The first-order valence-electron chi connectivity index (χ1n) is 4.36. The van der Waals surface area contributed by atoms with Gasteiger partial charge in [0.2, 0.25) is 5.91 Å². The Morgan fingerprint density at radius 3 is 1.87 bits per heavy atom. The van der Waals surface area contributed by atoms with E-state index in [0.29, 0.717) is 0 Å². The molecule has 15 heavy (non-hydrogen) atoms. The van der Waals surface area contributed by atoms with E-state index in [0.717, 1.165) is 0 Å². The molecular weight excluding hydrogens is 200 g/mol. The van der Waals surface area contributed by atoms with Gasteiger partial charge in [-0.25, -0.2) is 5.01 Å². The number of carbonyl (C=O) groups excluding carboxylic acids is 1. The maximum Gasteiger partial charge on any atom is 0.303 e. The predicted molar refractivity (Wildman–Crippen MR) is 56.6 cm³/mol. The van der Waals surface area contributed by atoms with E-state index in [1.807, 2.05) is 0 Å². The summed E-state index contributed by atoms with van der Waals surface area (Å²) in [4.78, 5) is 20.7. The van der Waals surface area contributed by atoms with Crippen LogP contribution in [-0.4, -0.2) is 55.2 Å². The maximum atomic E-state index is 10.7. The first-order valence-corrected chi connectivity index (χ1v) is 4.36. The van der Waals surface area contributed by atoms with Gasteiger partial charge >= 0.3 is 5.97 Å². The number of rotatable bonds is 4. The number of nitrogens with one attached hydrogen (secondary N) is 1. The number of amides is 1. The Bertz CT molecular complexity index is 192. The van der Waals surface area contributed by atoms with Gasteiger partial charge in [0.25, 0.3) is 0 Å². The van der Waals surface area contributed by atoms with Gasteiger partial charge in [0, 0.05) is 34.6 Å². The van der Waals surface area contributed by atoms with Crippen LogP contribution in [-0.2, 0) is 9.59 Å². The molecular formula is C8H20N4O3. The van der Waals surface area contributed by atoms with Gasteiger partial charge in [-0.05, 0) is 0 Å². The summed E-state index contributed by atoms with van der Waals surface area (Å²) >= 11 is 0. The van der Waals surface area contributed by atoms with Gasteiger partial charge in [-0.3, -0.25) is 25.9 Å². The van der Waals surface area contributed by atoms with E-state index in [-0.39, 0.29) is 18.7 Å². The average Bonchev–Trinajstić information content (AvgIpc) is 1.98. The van der Waals surface area contributed by atoms with Gasteiger partial charge in [-0.1, -0.05) is 0 Å². The lowest BCUT2D eigenvalue weighted by Crippen LogP contribution is -2.36. The van der Waals surface area contributed by atoms with Crippen molar-refractivity contribution in [2.24, 2.45) is 5.84 Å². The molecule has 1 amide bonds. The molecule has 0 rings (SSSR count). The SMILES string of the molecule is CN(C)N.CN(C)NC(=O)CCC(=O)O. The minimum atomic E-state index is -0.959. The summed E-state index contributed by atoms with van der Waals surface area (Å²) in [6.07, 6.45) is -0.104. The fourth-order valence-corrected chi connectivity index (χ4v) is 0.526. The van der Waals surface area contributed by atoms with Gasteiger partial charge < -0.3 is 5.11 Å². The fourth-order valence-electron chi connectivity index (χ4n) is 0.526. The lowest BCUT2D eigenvalue weighted by molar-refractivity contribution is -0.139. The quantitative estimate of drug-likeness (QED) is 0.409. The third kappa shape index (κ3) is 24.5. The van der Waals surface area contributed by atoms with Crippen molar-refractivity contribution in [2.75, 3.05) is 28.2 Å². The molecule has 0 bridgehead atoms. The largest absolute Gasteiger partial charge is 0.481 e. The predicted octanol–water partition coefficient (Wildman–Crippen LogP) is -1.13. The average molecular weight is 220 g/mol. The van der Waals surface area contributed by atoms with Crippen molar-refractivity contribution < 1.29 is 14.7 Å². The van der Waals surface area contributed by atoms with Gasteiger partial charge in [0.1, 0.15) is 0 Å². The highest BCUT2D eigenvalue weighted by atomic mass is 16.4. The zero-order valence-electron chi connectivity index (χ0n) is 9.65. The highest BCUT2D eigenvalue weighted by Gasteiger charge is 2.04. The number of carbonyl (C=O) groups is 2. The molecule has 0 fully saturated rings. The summed E-state index contributed by atoms with van der Waals surface area (Å²) in [5, 5.41) is 11.2. The Labute approximate surface area is 89.8 Å². The molecule has 0 unspecified atom stereocenters. The van der Waals surface area contributed by atoms with Crippen LogP contribution >= 0.6 is 0 Å². The molecule has 0 aromatic rings. The highest BCUT2D eigenvalue weighted by molar-refractivity contribution is 5.80. The number of hydrogen-bond acceptors (Lipinski definition) is 5. The molecule has 0 saturated heterocycles. The Morgan fingerprint density at radius 2 is 1.60 bits per heavy atom. The van der Waals surface area contributed by atoms with Crippen LogP contribution in [0.1, 0.15) is 12.8 Å². The van der Waals surface area contributed by atoms with Gasteiger partial charge in [-0.2, -0.15) is 0 Å². The summed E-state index contributed by atoms with van der Waals surface area (Å²) in [5.41, 5.74) is 2.43. The zero-order valence-corrected chi connectivity index (χ0v) is 9.65. The second kappa shape index (κ2) is 9.38. The van der Waals surface area contributed by atoms with Crippen LogP contribution in [0.2, 0.25) is 0 Å². The van der Waals surface area contributed by atoms with E-state index >= 15 is 0 Å². The van der Waals surface area contributed by atoms with Crippen LogP contribution in [0.25, 0.3) is 0 Å². The Morgan fingerprint density at radius 1 is 1.20 bits per heavy atom. The molecule has 0 aromatic heterocycles. The number of carboxylic acid groups (broad SMARTS) is 1. The third-order valence-electron chi connectivity index (χ3n) is 0.914. The van der Waals surface area contributed by atoms with Crippen molar-refractivity contribution in [2.45, 2.75) is 12.8 Å². The smallest absolute Gasteiger partial charge is 0.303 e. The first kappa shape index (κ1) is 16.3. The van der Waals surface area contributed by atoms with Crippen LogP contribution in [0.5, 0.6) is 0 Å². The molecule has 0 aliphatic carbocycles. The molecule has 0 heterocycles. The molecule has 90 valence electrons. The zero-order chi connectivity index (χ0) is 12.4. The van der Waals surface area contributed by atoms with E-state index < -0.39 is 5.97 Å². The summed E-state index contributed by atoms with van der Waals surface area (Å²) in [6.45, 7) is 0. The third-order valence-corrected chi connectivity index (χ3v) is 0.914.